The molecule has 21 heteroatoms. The minimum atomic E-state index is -2.63. The second-order valence-corrected chi connectivity index (χ2v) is 64.6. The second-order valence-electron chi connectivity index (χ2n) is 59.4. The molecule has 2 saturated heterocycles. The second kappa shape index (κ2) is 46.0. The fourth-order valence-electron chi connectivity index (χ4n) is 18.4. The zero-order chi connectivity index (χ0) is 113. The van der Waals surface area contributed by atoms with Gasteiger partial charge in [-0.1, -0.05) is 445 Å². The molecule has 10 aromatic rings. The van der Waals surface area contributed by atoms with Crippen LogP contribution >= 0.6 is 42.4 Å². The number of hydrogen-bond acceptors (Lipinski definition) is 15. The number of halogens is 1. The van der Waals surface area contributed by atoms with Crippen LogP contribution in [0.1, 0.15) is 485 Å². The predicted octanol–water partition coefficient (Wildman–Crippen LogP) is 40.9. The van der Waals surface area contributed by atoms with E-state index in [9.17, 15) is 0 Å². The van der Waals surface area contributed by atoms with Crippen LogP contribution in [-0.2, 0) is 105 Å². The van der Waals surface area contributed by atoms with Gasteiger partial charge in [-0.2, -0.15) is 0 Å². The molecular formula is C129H197FNO14P5. The number of rotatable bonds is 14. The van der Waals surface area contributed by atoms with Crippen molar-refractivity contribution < 1.29 is 66.2 Å². The van der Waals surface area contributed by atoms with Crippen molar-refractivity contribution in [1.29, 1.82) is 0 Å². The molecule has 3 aliphatic rings. The highest BCUT2D eigenvalue weighted by atomic mass is 31.2. The maximum absolute atomic E-state index is 15.5. The lowest BCUT2D eigenvalue weighted by Crippen LogP contribution is -2.45. The standard InChI is InChI=1S/C36H57O3P.C33H50O6P2.C30H44FO2P.C30H46NO3P/c1-15-17-18-24(16-2)23-37-40-38-31-27(19-25(33(3,4)5)21-29(31)35(9,10)11)28-20-26(34(6,7)8)22-30(32(28)39-40)36(12,13)14;1-29(2,3)23-13-15-27(25(17-23)31(7,8)9)38-40-34-19-33(20-35-40)21-36-41(37-22-33)39-28-16-14-24(30(4,5)6)18-26(28)32(10,11)12;1-18-21-14-19(27(2,3)4)16-23(29(8,9)10)25(21)32-34(31)33-26-22(18)15-20(28(5,6)7)17-24(26)30(11,12)13;1-27(2,3)19-15-21-22-16-20(28(4,5)6)18-24(30(10,11)12)26(22)34-35(32-14-13-31)33-25(21)23(17-19)29(7,8)9/h19-22,24H,15-18,23H2,1-14H3;13-18H,19-22H2,1-12H3;14-18H,1-13H3;15-18H,13-14,31H2,1-12H3. The molecule has 1 atom stereocenters. The molecule has 15 nitrogen and oxygen atoms in total. The van der Waals surface area contributed by atoms with E-state index in [1.54, 1.807) is 0 Å². The normalized spacial score (nSPS) is 18.0. The minimum Gasteiger partial charge on any atom is -0.426 e. The van der Waals surface area contributed by atoms with E-state index in [0.29, 0.717) is 63.6 Å². The van der Waals surface area contributed by atoms with Gasteiger partial charge in [0.1, 0.15) is 45.3 Å². The van der Waals surface area contributed by atoms with E-state index in [-0.39, 0.29) is 98.0 Å². The lowest BCUT2D eigenvalue weighted by atomic mass is 9.74. The summed E-state index contributed by atoms with van der Waals surface area (Å²) in [6.07, 6.45) is 4.70. The molecule has 1 spiro atoms. The Bertz CT molecular complexity index is 6070. The topological polar surface area (TPSA) is 171 Å². The summed E-state index contributed by atoms with van der Waals surface area (Å²) in [5, 5.41) is 4.40. The molecule has 834 valence electrons. The third-order valence-electron chi connectivity index (χ3n) is 29.0. The maximum Gasteiger partial charge on any atom is 0.505 e. The quantitative estimate of drug-likeness (QED) is 0.102. The van der Waals surface area contributed by atoms with Crippen LogP contribution in [0.4, 0.5) is 4.20 Å². The van der Waals surface area contributed by atoms with Gasteiger partial charge in [-0.3, -0.25) is 9.05 Å². The number of benzene rings is 8. The van der Waals surface area contributed by atoms with E-state index in [0.717, 1.165) is 95.2 Å². The van der Waals surface area contributed by atoms with Gasteiger partial charge < -0.3 is 58.7 Å². The summed E-state index contributed by atoms with van der Waals surface area (Å²) < 4.78 is 104. The molecule has 1 unspecified atom stereocenters. The Morgan fingerprint density at radius 3 is 0.807 bits per heavy atom. The summed E-state index contributed by atoms with van der Waals surface area (Å²) in [6.45, 7) is 117. The van der Waals surface area contributed by atoms with Crippen LogP contribution in [0.2, 0.25) is 0 Å². The highest BCUT2D eigenvalue weighted by Gasteiger charge is 2.47. The maximum atomic E-state index is 15.5. The van der Waals surface area contributed by atoms with Crippen LogP contribution in [0.15, 0.2) is 126 Å². The average molecular weight is 2160 g/mol. The first-order valence-electron chi connectivity index (χ1n) is 55.1. The summed E-state index contributed by atoms with van der Waals surface area (Å²) in [5.41, 5.74) is 29.3. The van der Waals surface area contributed by atoms with Gasteiger partial charge in [0, 0.05) is 89.6 Å². The molecule has 2 fully saturated rings. The number of fused-ring (bicyclic) bond motifs is 8. The summed E-state index contributed by atoms with van der Waals surface area (Å²) in [6, 6.07) is 40.4. The summed E-state index contributed by atoms with van der Waals surface area (Å²) in [4.78, 5) is 0. The van der Waals surface area contributed by atoms with Gasteiger partial charge in [0.25, 0.3) is 0 Å². The SMILES string of the molecule is CC(C)(C)c1cc(C(C)(C)C)c2op(OCCN)oc3c(C(C)(C)C)cc(C(C)(C)C)cc3c2c1.CC(C)(C)c1ccc(OP2OCC3(CO2)COP(Oc2ccc(C(C)(C)C)cc2C(C)(C)C)OC3)c(C(C)(C)C)c1.CC1c2cc(C(C)(C)C)cc(C(C)(C)C)c2OP(F)Oc2c1cc(C(C)(C)C)cc2C(C)(C)C.CCCCC(CC)COp1oc2c(C(C)(C)C)cc(C(C)(C)C)cc2c2cc(C(C)(C)C)cc(C(C)(C)C)c2o1. The first kappa shape index (κ1) is 125. The van der Waals surface area contributed by atoms with Crippen molar-refractivity contribution in [3.05, 3.63) is 209 Å². The lowest BCUT2D eigenvalue weighted by molar-refractivity contribution is -0.0673. The zero-order valence-corrected chi connectivity index (χ0v) is 107. The van der Waals surface area contributed by atoms with Crippen molar-refractivity contribution in [3.8, 4) is 23.0 Å². The molecule has 3 aliphatic heterocycles. The number of unbranched alkanes of at least 4 members (excludes halogenated alkanes) is 1. The Kier molecular flexibility index (Phi) is 38.4. The van der Waals surface area contributed by atoms with Crippen LogP contribution in [0.3, 0.4) is 0 Å². The Hall–Kier alpha value is -6.30. The monoisotopic (exact) mass is 2160 g/mol. The van der Waals surface area contributed by atoms with Crippen molar-refractivity contribution in [3.63, 3.8) is 0 Å². The Morgan fingerprint density at radius 2 is 0.567 bits per heavy atom. The molecule has 0 amide bonds. The molecule has 0 saturated carbocycles. The third-order valence-corrected chi connectivity index (χ3v) is 33.8. The van der Waals surface area contributed by atoms with Crippen molar-refractivity contribution >= 4 is 86.2 Å². The van der Waals surface area contributed by atoms with Gasteiger partial charge in [-0.25, -0.2) is 0 Å². The fourth-order valence-corrected chi connectivity index (χ4v) is 23.9. The first-order valence-corrected chi connectivity index (χ1v) is 60.6. The van der Waals surface area contributed by atoms with Gasteiger partial charge in [0.2, 0.25) is 0 Å². The average Bonchev–Trinajstić information content (AvgIpc) is 1.48. The summed E-state index contributed by atoms with van der Waals surface area (Å²) in [5.74, 6) is 3.41. The molecular weight excluding hydrogens is 1960 g/mol. The Balaban J connectivity index is 0.000000205. The van der Waals surface area contributed by atoms with E-state index in [1.807, 2.05) is 0 Å². The molecule has 13 rings (SSSR count). The van der Waals surface area contributed by atoms with Gasteiger partial charge in [0.05, 0.1) is 45.1 Å². The largest absolute Gasteiger partial charge is 0.505 e. The van der Waals surface area contributed by atoms with E-state index >= 15 is 4.20 Å². The molecule has 2 aromatic heterocycles. The van der Waals surface area contributed by atoms with E-state index in [2.05, 4.69) is 462 Å². The van der Waals surface area contributed by atoms with Gasteiger partial charge in [0.15, 0.2) is 0 Å². The number of nitrogens with two attached hydrogens (primary N) is 1. The van der Waals surface area contributed by atoms with Crippen LogP contribution in [0.25, 0.3) is 43.9 Å². The van der Waals surface area contributed by atoms with Crippen molar-refractivity contribution in [2.75, 3.05) is 46.2 Å². The summed E-state index contributed by atoms with van der Waals surface area (Å²) >= 11 is 0. The molecule has 0 aliphatic carbocycles. The van der Waals surface area contributed by atoms with Crippen molar-refractivity contribution in [2.45, 2.75) is 471 Å². The van der Waals surface area contributed by atoms with Gasteiger partial charge >= 0.3 is 42.4 Å². The summed E-state index contributed by atoms with van der Waals surface area (Å²) in [7, 11) is -8.95. The molecule has 5 heterocycles. The highest BCUT2D eigenvalue weighted by molar-refractivity contribution is 7.42. The van der Waals surface area contributed by atoms with E-state index < -0.39 is 42.4 Å². The van der Waals surface area contributed by atoms with E-state index in [1.165, 1.54) is 86.0 Å². The highest BCUT2D eigenvalue weighted by Crippen LogP contribution is 2.60. The van der Waals surface area contributed by atoms with Gasteiger partial charge in [-0.05, 0) is 180 Å². The molecule has 0 bridgehead atoms. The Morgan fingerprint density at radius 1 is 0.320 bits per heavy atom. The lowest BCUT2D eigenvalue weighted by Gasteiger charge is -2.41. The third kappa shape index (κ3) is 31.4. The van der Waals surface area contributed by atoms with Crippen LogP contribution in [-0.4, -0.2) is 46.2 Å². The number of hydrogen-bond donors (Lipinski definition) is 1. The van der Waals surface area contributed by atoms with E-state index in [4.69, 9.17) is 67.8 Å². The molecule has 150 heavy (non-hydrogen) atoms. The first-order chi connectivity index (χ1) is 68.1. The smallest absolute Gasteiger partial charge is 0.426 e. The van der Waals surface area contributed by atoms with Crippen LogP contribution in [0.5, 0.6) is 23.0 Å². The van der Waals surface area contributed by atoms with Crippen LogP contribution < -0.4 is 32.9 Å². The van der Waals surface area contributed by atoms with Crippen molar-refractivity contribution in [1.82, 2.24) is 0 Å². The van der Waals surface area contributed by atoms with Gasteiger partial charge in [-0.15, -0.1) is 4.20 Å². The molecule has 8 aromatic carbocycles. The minimum absolute atomic E-state index is 0.00823. The fraction of sp³-hybridized carbons (Fsp3) is 0.628. The zero-order valence-electron chi connectivity index (χ0n) is 103. The predicted molar refractivity (Wildman–Crippen MR) is 641 cm³/mol. The molecule has 0 radical (unpaired) electrons. The molecule has 2 N–H and O–H groups in total. The Labute approximate surface area is 913 Å². The van der Waals surface area contributed by atoms with Crippen molar-refractivity contribution in [2.24, 2.45) is 17.1 Å². The van der Waals surface area contributed by atoms with Crippen LogP contribution in [0, 0.1) is 11.3 Å².